The van der Waals surface area contributed by atoms with Crippen molar-refractivity contribution in [2.24, 2.45) is 11.8 Å². The average Bonchev–Trinajstić information content (AvgIpc) is 3.53. The molecule has 1 saturated carbocycles. The Balaban J connectivity index is 1.47. The summed E-state index contributed by atoms with van der Waals surface area (Å²) in [5.74, 6) is 1.26. The number of amides is 1. The maximum Gasteiger partial charge on any atom is 0.227 e. The quantitative estimate of drug-likeness (QED) is 0.788. The molecule has 0 spiro atoms. The molecule has 4 heteroatoms. The van der Waals surface area contributed by atoms with Crippen molar-refractivity contribution in [3.05, 3.63) is 54.4 Å². The zero-order valence-corrected chi connectivity index (χ0v) is 16.2. The molecule has 142 valence electrons. The number of aromatic nitrogens is 1. The summed E-state index contributed by atoms with van der Waals surface area (Å²) in [5.41, 5.74) is 3.62. The van der Waals surface area contributed by atoms with Gasteiger partial charge < -0.3 is 9.80 Å². The summed E-state index contributed by atoms with van der Waals surface area (Å²) in [4.78, 5) is 21.7. The molecule has 0 radical (unpaired) electrons. The van der Waals surface area contributed by atoms with Gasteiger partial charge in [-0.3, -0.25) is 9.78 Å². The molecule has 2 aromatic rings. The van der Waals surface area contributed by atoms with E-state index in [0.29, 0.717) is 5.91 Å². The lowest BCUT2D eigenvalue weighted by Gasteiger charge is -2.23. The molecule has 4 rings (SSSR count). The van der Waals surface area contributed by atoms with Crippen molar-refractivity contribution in [3.63, 3.8) is 0 Å². The Morgan fingerprint density at radius 2 is 1.70 bits per heavy atom. The first-order valence-corrected chi connectivity index (χ1v) is 10.2. The summed E-state index contributed by atoms with van der Waals surface area (Å²) in [7, 11) is 0. The van der Waals surface area contributed by atoms with E-state index in [-0.39, 0.29) is 5.92 Å². The fourth-order valence-electron chi connectivity index (χ4n) is 4.07. The molecule has 0 bridgehead atoms. The van der Waals surface area contributed by atoms with Crippen LogP contribution in [0.1, 0.15) is 25.3 Å². The fourth-order valence-corrected chi connectivity index (χ4v) is 4.07. The van der Waals surface area contributed by atoms with E-state index in [4.69, 9.17) is 0 Å². The number of rotatable bonds is 6. The van der Waals surface area contributed by atoms with Gasteiger partial charge in [0.25, 0.3) is 0 Å². The zero-order valence-electron chi connectivity index (χ0n) is 16.2. The molecule has 2 fully saturated rings. The van der Waals surface area contributed by atoms with Gasteiger partial charge in [0.2, 0.25) is 5.91 Å². The highest BCUT2D eigenvalue weighted by atomic mass is 16.2. The second kappa shape index (κ2) is 8.22. The molecule has 1 saturated heterocycles. The van der Waals surface area contributed by atoms with Gasteiger partial charge in [-0.25, -0.2) is 0 Å². The Bertz CT molecular complexity index is 755. The van der Waals surface area contributed by atoms with Crippen LogP contribution in [0.4, 0.5) is 0 Å². The monoisotopic (exact) mass is 363 g/mol. The summed E-state index contributed by atoms with van der Waals surface area (Å²) < 4.78 is 0. The molecule has 1 unspecified atom stereocenters. The summed E-state index contributed by atoms with van der Waals surface area (Å²) >= 11 is 0. The van der Waals surface area contributed by atoms with E-state index in [1.54, 1.807) is 0 Å². The third kappa shape index (κ3) is 4.56. The second-order valence-corrected chi connectivity index (χ2v) is 7.95. The lowest BCUT2D eigenvalue weighted by Crippen LogP contribution is -2.37. The van der Waals surface area contributed by atoms with Crippen LogP contribution in [0.3, 0.4) is 0 Å². The molecule has 1 aliphatic carbocycles. The highest BCUT2D eigenvalue weighted by Gasteiger charge is 2.32. The SMILES string of the molecule is CCN1CCN(CC2CC2)CC(Cc2ccc(-c3ccncc3)cc2)C1=O. The second-order valence-electron chi connectivity index (χ2n) is 7.95. The van der Waals surface area contributed by atoms with Crippen molar-refractivity contribution >= 4 is 5.91 Å². The normalized spacial score (nSPS) is 21.3. The van der Waals surface area contributed by atoms with Crippen LogP contribution in [0, 0.1) is 11.8 Å². The van der Waals surface area contributed by atoms with E-state index in [9.17, 15) is 4.79 Å². The minimum atomic E-state index is 0.0676. The van der Waals surface area contributed by atoms with Crippen LogP contribution in [0.25, 0.3) is 11.1 Å². The van der Waals surface area contributed by atoms with Gasteiger partial charge in [0.05, 0.1) is 5.92 Å². The summed E-state index contributed by atoms with van der Waals surface area (Å²) in [5, 5.41) is 0. The number of pyridine rings is 1. The smallest absolute Gasteiger partial charge is 0.227 e. The minimum Gasteiger partial charge on any atom is -0.341 e. The van der Waals surface area contributed by atoms with E-state index in [0.717, 1.165) is 38.5 Å². The van der Waals surface area contributed by atoms with Crippen molar-refractivity contribution in [1.29, 1.82) is 0 Å². The van der Waals surface area contributed by atoms with E-state index in [1.165, 1.54) is 36.1 Å². The third-order valence-electron chi connectivity index (χ3n) is 5.87. The molecule has 2 aliphatic rings. The van der Waals surface area contributed by atoms with Gasteiger partial charge in [-0.2, -0.15) is 0 Å². The molecule has 0 N–H and O–H groups in total. The van der Waals surface area contributed by atoms with Crippen LogP contribution in [-0.2, 0) is 11.2 Å². The minimum absolute atomic E-state index is 0.0676. The summed E-state index contributed by atoms with van der Waals surface area (Å²) in [6.45, 7) is 6.87. The lowest BCUT2D eigenvalue weighted by molar-refractivity contribution is -0.134. The Labute approximate surface area is 162 Å². The van der Waals surface area contributed by atoms with Crippen LogP contribution in [0.2, 0.25) is 0 Å². The standard InChI is InChI=1S/C23H29N3O/c1-2-26-14-13-25(16-19-3-4-19)17-22(23(26)27)15-18-5-7-20(8-6-18)21-9-11-24-12-10-21/h5-12,19,22H,2-4,13-17H2,1H3. The van der Waals surface area contributed by atoms with E-state index >= 15 is 0 Å². The number of hydrogen-bond donors (Lipinski definition) is 0. The molecule has 2 heterocycles. The number of hydrogen-bond acceptors (Lipinski definition) is 3. The highest BCUT2D eigenvalue weighted by Crippen LogP contribution is 2.30. The maximum atomic E-state index is 13.0. The number of likely N-dealkylation sites (N-methyl/N-ethyl adjacent to an activating group) is 1. The Morgan fingerprint density at radius 1 is 1.00 bits per heavy atom. The summed E-state index contributed by atoms with van der Waals surface area (Å²) in [6.07, 6.45) is 7.20. The average molecular weight is 364 g/mol. The topological polar surface area (TPSA) is 36.4 Å². The number of carbonyl (C=O) groups excluding carboxylic acids is 1. The molecular weight excluding hydrogens is 334 g/mol. The van der Waals surface area contributed by atoms with Gasteiger partial charge in [0.15, 0.2) is 0 Å². The lowest BCUT2D eigenvalue weighted by atomic mass is 9.95. The predicted octanol–water partition coefficient (Wildman–Crippen LogP) is 3.48. The maximum absolute atomic E-state index is 13.0. The Kier molecular flexibility index (Phi) is 5.53. The number of benzene rings is 1. The molecule has 1 aromatic heterocycles. The van der Waals surface area contributed by atoms with Crippen LogP contribution in [-0.4, -0.2) is 53.4 Å². The predicted molar refractivity (Wildman–Crippen MR) is 108 cm³/mol. The zero-order chi connectivity index (χ0) is 18.6. The van der Waals surface area contributed by atoms with Crippen LogP contribution >= 0.6 is 0 Å². The number of carbonyl (C=O) groups is 1. The third-order valence-corrected chi connectivity index (χ3v) is 5.87. The summed E-state index contributed by atoms with van der Waals surface area (Å²) in [6, 6.07) is 12.7. The van der Waals surface area contributed by atoms with Gasteiger partial charge in [0, 0.05) is 45.1 Å². The van der Waals surface area contributed by atoms with Gasteiger partial charge >= 0.3 is 0 Å². The van der Waals surface area contributed by atoms with E-state index in [2.05, 4.69) is 41.1 Å². The molecule has 1 aromatic carbocycles. The first kappa shape index (κ1) is 18.2. The van der Waals surface area contributed by atoms with E-state index < -0.39 is 0 Å². The Hall–Kier alpha value is -2.20. The molecule has 1 amide bonds. The molecule has 27 heavy (non-hydrogen) atoms. The van der Waals surface area contributed by atoms with Crippen molar-refractivity contribution in [1.82, 2.24) is 14.8 Å². The first-order chi connectivity index (χ1) is 13.2. The number of nitrogens with zero attached hydrogens (tertiary/aromatic N) is 3. The van der Waals surface area contributed by atoms with Crippen molar-refractivity contribution in [2.75, 3.05) is 32.7 Å². The fraction of sp³-hybridized carbons (Fsp3) is 0.478. The molecular formula is C23H29N3O. The van der Waals surface area contributed by atoms with Gasteiger partial charge in [-0.15, -0.1) is 0 Å². The van der Waals surface area contributed by atoms with Gasteiger partial charge in [-0.05, 0) is 60.9 Å². The van der Waals surface area contributed by atoms with Crippen LogP contribution in [0.15, 0.2) is 48.8 Å². The van der Waals surface area contributed by atoms with Gasteiger partial charge in [0.1, 0.15) is 0 Å². The van der Waals surface area contributed by atoms with Crippen LogP contribution in [0.5, 0.6) is 0 Å². The van der Waals surface area contributed by atoms with Gasteiger partial charge in [-0.1, -0.05) is 24.3 Å². The van der Waals surface area contributed by atoms with Crippen molar-refractivity contribution in [3.8, 4) is 11.1 Å². The Morgan fingerprint density at radius 3 is 2.37 bits per heavy atom. The molecule has 4 nitrogen and oxygen atoms in total. The van der Waals surface area contributed by atoms with Crippen molar-refractivity contribution < 1.29 is 4.79 Å². The molecule has 1 atom stereocenters. The van der Waals surface area contributed by atoms with E-state index in [1.807, 2.05) is 29.4 Å². The first-order valence-electron chi connectivity index (χ1n) is 10.2. The van der Waals surface area contributed by atoms with Crippen LogP contribution < -0.4 is 0 Å². The largest absolute Gasteiger partial charge is 0.341 e. The molecule has 1 aliphatic heterocycles. The van der Waals surface area contributed by atoms with Crippen molar-refractivity contribution in [2.45, 2.75) is 26.2 Å². The highest BCUT2D eigenvalue weighted by molar-refractivity contribution is 5.79.